The maximum absolute atomic E-state index is 9.92. The minimum Gasteiger partial charge on any atom is -0.389 e. The first-order valence-corrected chi connectivity index (χ1v) is 8.68. The summed E-state index contributed by atoms with van der Waals surface area (Å²) in [7, 11) is 3.77. The number of likely N-dealkylation sites (N-methyl/N-ethyl adjacent to an activating group) is 1. The van der Waals surface area contributed by atoms with E-state index in [0.29, 0.717) is 18.6 Å². The highest BCUT2D eigenvalue weighted by molar-refractivity contribution is 4.86. The maximum Gasteiger partial charge on any atom is 0.0899 e. The van der Waals surface area contributed by atoms with Crippen molar-refractivity contribution in [2.45, 2.75) is 58.0 Å². The van der Waals surface area contributed by atoms with Crippen LogP contribution in [0, 0.1) is 5.41 Å². The van der Waals surface area contributed by atoms with Gasteiger partial charge in [0.05, 0.1) is 12.7 Å². The van der Waals surface area contributed by atoms with Crippen molar-refractivity contribution in [1.29, 1.82) is 0 Å². The molecule has 0 saturated heterocycles. The zero-order valence-electron chi connectivity index (χ0n) is 14.4. The number of nitrogens with zero attached hydrogens (tertiary/aromatic N) is 1. The molecule has 1 aliphatic carbocycles. The molecule has 4 nitrogen and oxygen atoms in total. The molecule has 1 aliphatic rings. The van der Waals surface area contributed by atoms with Crippen molar-refractivity contribution in [2.24, 2.45) is 5.41 Å². The third kappa shape index (κ3) is 7.59. The molecule has 0 spiro atoms. The van der Waals surface area contributed by atoms with Gasteiger partial charge in [-0.3, -0.25) is 0 Å². The molecule has 2 N–H and O–H groups in total. The summed E-state index contributed by atoms with van der Waals surface area (Å²) in [6.45, 7) is 6.64. The van der Waals surface area contributed by atoms with E-state index in [1.165, 1.54) is 44.9 Å². The Balaban J connectivity index is 2.53. The highest BCUT2D eigenvalue weighted by atomic mass is 16.5. The summed E-state index contributed by atoms with van der Waals surface area (Å²) in [5, 5.41) is 13.6. The summed E-state index contributed by atoms with van der Waals surface area (Å²) in [6.07, 6.45) is 8.90. The highest BCUT2D eigenvalue weighted by Crippen LogP contribution is 2.35. The number of hydrogen-bond donors (Lipinski definition) is 2. The molecule has 0 aromatic heterocycles. The van der Waals surface area contributed by atoms with Gasteiger partial charge in [-0.05, 0) is 38.3 Å². The van der Waals surface area contributed by atoms with Gasteiger partial charge in [-0.1, -0.05) is 32.6 Å². The molecule has 1 fully saturated rings. The standard InChI is InChI=1S/C17H36N2O2/c1-4-11-18-14-17(9-7-5-6-8-10-17)15-19(2)12-16(20)13-21-3/h16,18,20H,4-15H2,1-3H3. The average Bonchev–Trinajstić information content (AvgIpc) is 2.65. The van der Waals surface area contributed by atoms with Crippen LogP contribution in [-0.2, 0) is 4.74 Å². The molecule has 1 unspecified atom stereocenters. The molecule has 0 aromatic carbocycles. The molecular weight excluding hydrogens is 264 g/mol. The van der Waals surface area contributed by atoms with Gasteiger partial charge in [0.15, 0.2) is 0 Å². The first-order chi connectivity index (χ1) is 10.1. The lowest BCUT2D eigenvalue weighted by Crippen LogP contribution is -2.45. The largest absolute Gasteiger partial charge is 0.389 e. The Labute approximate surface area is 131 Å². The molecule has 0 radical (unpaired) electrons. The predicted molar refractivity (Wildman–Crippen MR) is 88.7 cm³/mol. The van der Waals surface area contributed by atoms with E-state index in [-0.39, 0.29) is 6.10 Å². The van der Waals surface area contributed by atoms with Crippen LogP contribution in [0.25, 0.3) is 0 Å². The second-order valence-electron chi connectivity index (χ2n) is 6.90. The summed E-state index contributed by atoms with van der Waals surface area (Å²) in [5.74, 6) is 0. The van der Waals surface area contributed by atoms with Gasteiger partial charge in [0.25, 0.3) is 0 Å². The molecule has 1 saturated carbocycles. The Kier molecular flexibility index (Phi) is 9.49. The third-order valence-corrected chi connectivity index (χ3v) is 4.58. The van der Waals surface area contributed by atoms with Crippen LogP contribution in [0.15, 0.2) is 0 Å². The monoisotopic (exact) mass is 300 g/mol. The van der Waals surface area contributed by atoms with Crippen molar-refractivity contribution in [2.75, 3.05) is 46.9 Å². The van der Waals surface area contributed by atoms with Gasteiger partial charge in [0.2, 0.25) is 0 Å². The molecule has 21 heavy (non-hydrogen) atoms. The summed E-state index contributed by atoms with van der Waals surface area (Å²) in [4.78, 5) is 2.29. The van der Waals surface area contributed by atoms with Crippen molar-refractivity contribution in [3.8, 4) is 0 Å². The number of aliphatic hydroxyl groups excluding tert-OH is 1. The molecule has 1 atom stereocenters. The molecule has 0 aromatic rings. The number of nitrogens with one attached hydrogen (secondary N) is 1. The lowest BCUT2D eigenvalue weighted by molar-refractivity contribution is 0.0310. The molecule has 126 valence electrons. The van der Waals surface area contributed by atoms with Crippen LogP contribution >= 0.6 is 0 Å². The quantitative estimate of drug-likeness (QED) is 0.480. The number of ether oxygens (including phenoxy) is 1. The fraction of sp³-hybridized carbons (Fsp3) is 1.00. The smallest absolute Gasteiger partial charge is 0.0899 e. The van der Waals surface area contributed by atoms with Crippen LogP contribution in [0.3, 0.4) is 0 Å². The molecular formula is C17H36N2O2. The van der Waals surface area contributed by atoms with Gasteiger partial charge in [-0.15, -0.1) is 0 Å². The Bertz CT molecular complexity index is 253. The maximum atomic E-state index is 9.92. The highest BCUT2D eigenvalue weighted by Gasteiger charge is 2.32. The van der Waals surface area contributed by atoms with E-state index < -0.39 is 0 Å². The average molecular weight is 300 g/mol. The van der Waals surface area contributed by atoms with Gasteiger partial charge >= 0.3 is 0 Å². The second kappa shape index (κ2) is 10.5. The number of aliphatic hydroxyl groups is 1. The van der Waals surface area contributed by atoms with Gasteiger partial charge in [-0.25, -0.2) is 0 Å². The van der Waals surface area contributed by atoms with Crippen molar-refractivity contribution in [3.63, 3.8) is 0 Å². The zero-order chi connectivity index (χ0) is 15.6. The third-order valence-electron chi connectivity index (χ3n) is 4.58. The molecule has 0 heterocycles. The van der Waals surface area contributed by atoms with Gasteiger partial charge in [0.1, 0.15) is 0 Å². The minimum absolute atomic E-state index is 0.382. The SMILES string of the molecule is CCCNCC1(CN(C)CC(O)COC)CCCCCC1. The van der Waals surface area contributed by atoms with Crippen LogP contribution in [0.4, 0.5) is 0 Å². The topological polar surface area (TPSA) is 44.7 Å². The first kappa shape index (κ1) is 18.9. The number of hydrogen-bond acceptors (Lipinski definition) is 4. The van der Waals surface area contributed by atoms with Crippen LogP contribution in [0.5, 0.6) is 0 Å². The van der Waals surface area contributed by atoms with Crippen molar-refractivity contribution in [3.05, 3.63) is 0 Å². The molecule has 1 rings (SSSR count). The van der Waals surface area contributed by atoms with Crippen LogP contribution < -0.4 is 5.32 Å². The van der Waals surface area contributed by atoms with E-state index in [2.05, 4.69) is 24.2 Å². The molecule has 4 heteroatoms. The number of methoxy groups -OCH3 is 1. The van der Waals surface area contributed by atoms with E-state index in [1.807, 2.05) is 0 Å². The van der Waals surface area contributed by atoms with Crippen LogP contribution in [0.2, 0.25) is 0 Å². The Morgan fingerprint density at radius 1 is 1.24 bits per heavy atom. The summed E-state index contributed by atoms with van der Waals surface area (Å²) >= 11 is 0. The van der Waals surface area contributed by atoms with Gasteiger partial charge in [-0.2, -0.15) is 0 Å². The van der Waals surface area contributed by atoms with E-state index >= 15 is 0 Å². The van der Waals surface area contributed by atoms with Crippen LogP contribution in [0.1, 0.15) is 51.9 Å². The van der Waals surface area contributed by atoms with Gasteiger partial charge < -0.3 is 20.1 Å². The van der Waals surface area contributed by atoms with Crippen molar-refractivity contribution >= 4 is 0 Å². The number of rotatable bonds is 10. The molecule has 0 aliphatic heterocycles. The Hall–Kier alpha value is -0.160. The van der Waals surface area contributed by atoms with Crippen molar-refractivity contribution < 1.29 is 9.84 Å². The summed E-state index contributed by atoms with van der Waals surface area (Å²) in [5.41, 5.74) is 0.382. The molecule has 0 amide bonds. The van der Waals surface area contributed by atoms with Gasteiger partial charge in [0, 0.05) is 26.7 Å². The van der Waals surface area contributed by atoms with E-state index in [4.69, 9.17) is 4.74 Å². The summed E-state index contributed by atoms with van der Waals surface area (Å²) in [6, 6.07) is 0. The minimum atomic E-state index is -0.383. The normalized spacial score (nSPS) is 20.4. The van der Waals surface area contributed by atoms with E-state index in [1.54, 1.807) is 7.11 Å². The van der Waals surface area contributed by atoms with Crippen LogP contribution in [-0.4, -0.2) is 63.1 Å². The second-order valence-corrected chi connectivity index (χ2v) is 6.90. The lowest BCUT2D eigenvalue weighted by atomic mass is 9.79. The van der Waals surface area contributed by atoms with E-state index in [9.17, 15) is 5.11 Å². The van der Waals surface area contributed by atoms with Crippen molar-refractivity contribution in [1.82, 2.24) is 10.2 Å². The fourth-order valence-electron chi connectivity index (χ4n) is 3.64. The molecule has 0 bridgehead atoms. The van der Waals surface area contributed by atoms with E-state index in [0.717, 1.165) is 19.6 Å². The lowest BCUT2D eigenvalue weighted by Gasteiger charge is -2.37. The Morgan fingerprint density at radius 2 is 1.90 bits per heavy atom. The zero-order valence-corrected chi connectivity index (χ0v) is 14.4. The predicted octanol–water partition coefficient (Wildman–Crippen LogP) is 2.27. The first-order valence-electron chi connectivity index (χ1n) is 8.68. The fourth-order valence-corrected chi connectivity index (χ4v) is 3.64. The Morgan fingerprint density at radius 3 is 2.48 bits per heavy atom. The summed E-state index contributed by atoms with van der Waals surface area (Å²) < 4.78 is 5.03.